The summed E-state index contributed by atoms with van der Waals surface area (Å²) < 4.78 is 33.8. The summed E-state index contributed by atoms with van der Waals surface area (Å²) in [7, 11) is -2.37. The van der Waals surface area contributed by atoms with Crippen LogP contribution in [0.4, 0.5) is 0 Å². The van der Waals surface area contributed by atoms with Gasteiger partial charge in [0, 0.05) is 13.2 Å². The molecule has 0 unspecified atom stereocenters. The number of carbonyl (C=O) groups excluding carboxylic acids is 1. The van der Waals surface area contributed by atoms with Gasteiger partial charge in [-0.25, -0.2) is 13.1 Å². The number of nitrogens with one attached hydrogen (secondary N) is 1. The van der Waals surface area contributed by atoms with Gasteiger partial charge in [-0.15, -0.1) is 0 Å². The topological polar surface area (TPSA) is 90.3 Å². The zero-order valence-corrected chi connectivity index (χ0v) is 14.1. The minimum atomic E-state index is -3.97. The molecule has 1 aliphatic rings. The summed E-state index contributed by atoms with van der Waals surface area (Å²) in [6, 6.07) is 6.67. The van der Waals surface area contributed by atoms with Crippen molar-refractivity contribution in [2.24, 2.45) is 7.05 Å². The molecule has 1 amide bonds. The number of amides is 1. The van der Waals surface area contributed by atoms with Crippen molar-refractivity contribution < 1.29 is 17.9 Å². The average Bonchev–Trinajstić information content (AvgIpc) is 3.19. The van der Waals surface area contributed by atoms with Crippen molar-refractivity contribution in [1.29, 1.82) is 0 Å². The number of ether oxygens (including phenoxy) is 1. The second kappa shape index (κ2) is 6.64. The van der Waals surface area contributed by atoms with E-state index in [4.69, 9.17) is 4.74 Å². The van der Waals surface area contributed by atoms with Crippen LogP contribution in [0.15, 0.2) is 41.6 Å². The molecule has 2 aromatic rings. The molecule has 1 heterocycles. The Hall–Kier alpha value is -2.35. The maximum atomic E-state index is 12.4. The molecule has 1 aromatic heterocycles. The van der Waals surface area contributed by atoms with E-state index in [1.165, 1.54) is 17.1 Å². The summed E-state index contributed by atoms with van der Waals surface area (Å²) in [6.45, 7) is 0. The number of hydrogen-bond donors (Lipinski definition) is 1. The highest BCUT2D eigenvalue weighted by molar-refractivity contribution is 7.90. The summed E-state index contributed by atoms with van der Waals surface area (Å²) in [4.78, 5) is 12.4. The Balaban J connectivity index is 1.80. The van der Waals surface area contributed by atoms with Crippen molar-refractivity contribution >= 4 is 15.9 Å². The zero-order chi connectivity index (χ0) is 17.2. The maximum absolute atomic E-state index is 12.4. The average molecular weight is 349 g/mol. The first-order chi connectivity index (χ1) is 11.5. The van der Waals surface area contributed by atoms with E-state index in [1.807, 2.05) is 0 Å². The predicted molar refractivity (Wildman–Crippen MR) is 87.2 cm³/mol. The summed E-state index contributed by atoms with van der Waals surface area (Å²) in [5, 5.41) is 3.81. The smallest absolute Gasteiger partial charge is 0.268 e. The lowest BCUT2D eigenvalue weighted by molar-refractivity contribution is 0.0974. The van der Waals surface area contributed by atoms with Gasteiger partial charge in [0.05, 0.1) is 17.9 Å². The van der Waals surface area contributed by atoms with Crippen LogP contribution in [0.5, 0.6) is 5.75 Å². The quantitative estimate of drug-likeness (QED) is 0.890. The van der Waals surface area contributed by atoms with Crippen molar-refractivity contribution in [3.05, 3.63) is 42.2 Å². The van der Waals surface area contributed by atoms with Crippen molar-refractivity contribution in [3.8, 4) is 5.75 Å². The van der Waals surface area contributed by atoms with E-state index in [-0.39, 0.29) is 16.6 Å². The molecule has 24 heavy (non-hydrogen) atoms. The highest BCUT2D eigenvalue weighted by Crippen LogP contribution is 2.26. The molecule has 0 atom stereocenters. The van der Waals surface area contributed by atoms with E-state index in [9.17, 15) is 13.2 Å². The first kappa shape index (κ1) is 16.5. The molecule has 1 fully saturated rings. The van der Waals surface area contributed by atoms with Gasteiger partial charge in [0.15, 0.2) is 0 Å². The van der Waals surface area contributed by atoms with Gasteiger partial charge in [-0.1, -0.05) is 12.1 Å². The van der Waals surface area contributed by atoms with Crippen LogP contribution in [0.2, 0.25) is 0 Å². The number of aryl methyl sites for hydroxylation is 1. The molecule has 3 rings (SSSR count). The number of rotatable bonds is 5. The molecule has 1 N–H and O–H groups in total. The molecule has 128 valence electrons. The van der Waals surface area contributed by atoms with Gasteiger partial charge >= 0.3 is 0 Å². The van der Waals surface area contributed by atoms with Gasteiger partial charge in [0.1, 0.15) is 10.6 Å². The highest BCUT2D eigenvalue weighted by Gasteiger charge is 2.24. The minimum Gasteiger partial charge on any atom is -0.490 e. The lowest BCUT2D eigenvalue weighted by atomic mass is 10.2. The fraction of sp³-hybridized carbons (Fsp3) is 0.375. The summed E-state index contributed by atoms with van der Waals surface area (Å²) in [5.74, 6) is -0.310. The van der Waals surface area contributed by atoms with Crippen LogP contribution in [0.25, 0.3) is 0 Å². The number of hydrogen-bond acceptors (Lipinski definition) is 5. The number of nitrogens with zero attached hydrogens (tertiary/aromatic N) is 2. The number of sulfonamides is 1. The number of carbonyl (C=O) groups is 1. The maximum Gasteiger partial charge on any atom is 0.268 e. The van der Waals surface area contributed by atoms with Crippen LogP contribution in [-0.2, 0) is 17.1 Å². The van der Waals surface area contributed by atoms with Gasteiger partial charge in [-0.2, -0.15) is 5.10 Å². The SMILES string of the molecule is Cn1cc(S(=O)(=O)NC(=O)c2ccccc2OC2CCCC2)cn1. The Labute approximate surface area is 140 Å². The molecular weight excluding hydrogens is 330 g/mol. The second-order valence-corrected chi connectivity index (χ2v) is 7.49. The molecule has 0 spiro atoms. The van der Waals surface area contributed by atoms with E-state index in [1.54, 1.807) is 31.3 Å². The van der Waals surface area contributed by atoms with E-state index < -0.39 is 15.9 Å². The fourth-order valence-corrected chi connectivity index (χ4v) is 3.67. The van der Waals surface area contributed by atoms with E-state index >= 15 is 0 Å². The van der Waals surface area contributed by atoms with Crippen LogP contribution >= 0.6 is 0 Å². The molecule has 0 aliphatic heterocycles. The third-order valence-corrected chi connectivity index (χ3v) is 5.23. The molecule has 8 heteroatoms. The van der Waals surface area contributed by atoms with Crippen LogP contribution in [-0.4, -0.2) is 30.2 Å². The molecule has 0 bridgehead atoms. The largest absolute Gasteiger partial charge is 0.490 e. The molecular formula is C16H19N3O4S. The van der Waals surface area contributed by atoms with Gasteiger partial charge in [0.25, 0.3) is 15.9 Å². The van der Waals surface area contributed by atoms with Crippen molar-refractivity contribution in [1.82, 2.24) is 14.5 Å². The second-order valence-electron chi connectivity index (χ2n) is 5.80. The van der Waals surface area contributed by atoms with Crippen molar-refractivity contribution in [2.75, 3.05) is 0 Å². The lowest BCUT2D eigenvalue weighted by Gasteiger charge is -2.16. The normalized spacial score (nSPS) is 15.4. The Morgan fingerprint density at radius 2 is 2.00 bits per heavy atom. The van der Waals surface area contributed by atoms with Crippen LogP contribution in [0.3, 0.4) is 0 Å². The molecule has 0 saturated heterocycles. The number of aromatic nitrogens is 2. The van der Waals surface area contributed by atoms with Crippen molar-refractivity contribution in [2.45, 2.75) is 36.7 Å². The minimum absolute atomic E-state index is 0.0625. The highest BCUT2D eigenvalue weighted by atomic mass is 32.2. The molecule has 0 radical (unpaired) electrons. The van der Waals surface area contributed by atoms with Crippen LogP contribution in [0.1, 0.15) is 36.0 Å². The Morgan fingerprint density at radius 3 is 2.67 bits per heavy atom. The van der Waals surface area contributed by atoms with Gasteiger partial charge in [-0.05, 0) is 37.8 Å². The Bertz CT molecular complexity index is 839. The monoisotopic (exact) mass is 349 g/mol. The van der Waals surface area contributed by atoms with E-state index in [0.717, 1.165) is 25.7 Å². The fourth-order valence-electron chi connectivity index (χ4n) is 2.72. The molecule has 1 aromatic carbocycles. The van der Waals surface area contributed by atoms with Crippen molar-refractivity contribution in [3.63, 3.8) is 0 Å². The lowest BCUT2D eigenvalue weighted by Crippen LogP contribution is -2.31. The predicted octanol–water partition coefficient (Wildman–Crippen LogP) is 1.86. The third-order valence-electron chi connectivity index (χ3n) is 3.95. The molecule has 1 saturated carbocycles. The van der Waals surface area contributed by atoms with E-state index in [0.29, 0.717) is 5.75 Å². The summed E-state index contributed by atoms with van der Waals surface area (Å²) in [5.41, 5.74) is 0.205. The van der Waals surface area contributed by atoms with Crippen LogP contribution in [0, 0.1) is 0 Å². The van der Waals surface area contributed by atoms with Gasteiger partial charge in [-0.3, -0.25) is 9.48 Å². The summed E-state index contributed by atoms with van der Waals surface area (Å²) in [6.07, 6.45) is 6.71. The Morgan fingerprint density at radius 1 is 1.29 bits per heavy atom. The van der Waals surface area contributed by atoms with Gasteiger partial charge < -0.3 is 4.74 Å². The molecule has 7 nitrogen and oxygen atoms in total. The number of benzene rings is 1. The standard InChI is InChI=1S/C16H19N3O4S/c1-19-11-13(10-17-19)24(21,22)18-16(20)14-8-4-5-9-15(14)23-12-6-2-3-7-12/h4-5,8-12H,2-3,6-7H2,1H3,(H,18,20). The third kappa shape index (κ3) is 3.59. The Kier molecular flexibility index (Phi) is 4.57. The summed E-state index contributed by atoms with van der Waals surface area (Å²) >= 11 is 0. The van der Waals surface area contributed by atoms with Crippen LogP contribution < -0.4 is 9.46 Å². The zero-order valence-electron chi connectivity index (χ0n) is 13.3. The first-order valence-electron chi connectivity index (χ1n) is 7.77. The van der Waals surface area contributed by atoms with E-state index in [2.05, 4.69) is 9.82 Å². The number of para-hydroxylation sites is 1. The first-order valence-corrected chi connectivity index (χ1v) is 9.25. The molecule has 1 aliphatic carbocycles. The van der Waals surface area contributed by atoms with Gasteiger partial charge in [0.2, 0.25) is 0 Å².